The van der Waals surface area contributed by atoms with E-state index in [2.05, 4.69) is 44.3 Å². The fraction of sp³-hybridized carbons (Fsp3) is 0.500. The van der Waals surface area contributed by atoms with Crippen molar-refractivity contribution < 1.29 is 0 Å². The molecule has 0 aromatic heterocycles. The highest BCUT2D eigenvalue weighted by Gasteiger charge is 2.19. The molecule has 1 N–H and O–H groups in total. The van der Waals surface area contributed by atoms with Crippen molar-refractivity contribution >= 4 is 5.69 Å². The summed E-state index contributed by atoms with van der Waals surface area (Å²) >= 11 is 0. The van der Waals surface area contributed by atoms with Crippen molar-refractivity contribution in [2.75, 3.05) is 5.32 Å². The van der Waals surface area contributed by atoms with Gasteiger partial charge in [0.15, 0.2) is 0 Å². The van der Waals surface area contributed by atoms with E-state index in [1.165, 1.54) is 23.2 Å². The van der Waals surface area contributed by atoms with E-state index < -0.39 is 0 Å². The summed E-state index contributed by atoms with van der Waals surface area (Å²) in [5, 5.41) is 3.49. The number of anilines is 1. The second-order valence-corrected chi connectivity index (χ2v) is 4.28. The number of nitrogens with one attached hydrogen (secondary N) is 1. The summed E-state index contributed by atoms with van der Waals surface area (Å²) in [5.74, 6) is 0.641. The molecule has 0 spiro atoms. The van der Waals surface area contributed by atoms with Gasteiger partial charge in [0.05, 0.1) is 0 Å². The first-order chi connectivity index (χ1) is 6.18. The first-order valence-corrected chi connectivity index (χ1v) is 5.07. The normalized spacial score (nSPS) is 20.2. The van der Waals surface area contributed by atoms with Crippen LogP contribution in [0.15, 0.2) is 18.2 Å². The minimum Gasteiger partial charge on any atom is -0.382 e. The van der Waals surface area contributed by atoms with E-state index in [0.717, 1.165) is 0 Å². The van der Waals surface area contributed by atoms with Gasteiger partial charge >= 0.3 is 0 Å². The Balaban J connectivity index is 2.45. The summed E-state index contributed by atoms with van der Waals surface area (Å²) in [4.78, 5) is 0. The molecule has 1 aromatic rings. The molecular weight excluding hydrogens is 158 g/mol. The Kier molecular flexibility index (Phi) is 2.03. The summed E-state index contributed by atoms with van der Waals surface area (Å²) < 4.78 is 0. The zero-order valence-corrected chi connectivity index (χ0v) is 8.59. The average Bonchev–Trinajstić information content (AvgIpc) is 2.43. The Bertz CT molecular complexity index is 315. The number of fused-ring (bicyclic) bond motifs is 1. The van der Waals surface area contributed by atoms with Crippen LogP contribution in [-0.4, -0.2) is 6.04 Å². The first-order valence-electron chi connectivity index (χ1n) is 5.07. The third kappa shape index (κ3) is 1.43. The molecule has 1 aromatic carbocycles. The number of hydrogen-bond acceptors (Lipinski definition) is 1. The van der Waals surface area contributed by atoms with E-state index in [0.29, 0.717) is 12.0 Å². The summed E-state index contributed by atoms with van der Waals surface area (Å²) in [6.07, 6.45) is 1.18. The fourth-order valence-corrected chi connectivity index (χ4v) is 2.13. The Morgan fingerprint density at radius 3 is 2.85 bits per heavy atom. The van der Waals surface area contributed by atoms with Crippen molar-refractivity contribution in [2.45, 2.75) is 39.2 Å². The maximum absolute atomic E-state index is 3.49. The van der Waals surface area contributed by atoms with Gasteiger partial charge in [-0.25, -0.2) is 0 Å². The molecule has 0 saturated carbocycles. The zero-order valence-electron chi connectivity index (χ0n) is 8.59. The molecule has 13 heavy (non-hydrogen) atoms. The van der Waals surface area contributed by atoms with Crippen molar-refractivity contribution in [1.29, 1.82) is 0 Å². The van der Waals surface area contributed by atoms with Crippen molar-refractivity contribution in [1.82, 2.24) is 0 Å². The lowest BCUT2D eigenvalue weighted by molar-refractivity contribution is 0.805. The minimum absolute atomic E-state index is 0.606. The SMILES string of the molecule is CC(C)c1cccc2c1C[C@H](C)N2. The Labute approximate surface area is 80.2 Å². The summed E-state index contributed by atoms with van der Waals surface area (Å²) in [6, 6.07) is 7.20. The summed E-state index contributed by atoms with van der Waals surface area (Å²) in [5.41, 5.74) is 4.39. The lowest BCUT2D eigenvalue weighted by Crippen LogP contribution is -2.08. The Morgan fingerprint density at radius 2 is 2.15 bits per heavy atom. The van der Waals surface area contributed by atoms with Crippen LogP contribution in [0.4, 0.5) is 5.69 Å². The van der Waals surface area contributed by atoms with Gasteiger partial charge in [-0.05, 0) is 36.5 Å². The molecule has 70 valence electrons. The van der Waals surface area contributed by atoms with Crippen LogP contribution in [0.2, 0.25) is 0 Å². The molecule has 0 bridgehead atoms. The molecule has 0 fully saturated rings. The molecule has 1 heteroatoms. The molecule has 0 aliphatic carbocycles. The molecule has 2 rings (SSSR count). The Hall–Kier alpha value is -0.980. The first kappa shape index (κ1) is 8.61. The Morgan fingerprint density at radius 1 is 1.38 bits per heavy atom. The van der Waals surface area contributed by atoms with Crippen LogP contribution < -0.4 is 5.32 Å². The number of rotatable bonds is 1. The third-order valence-electron chi connectivity index (χ3n) is 2.75. The van der Waals surface area contributed by atoms with Crippen LogP contribution in [0.1, 0.15) is 37.8 Å². The number of benzene rings is 1. The van der Waals surface area contributed by atoms with E-state index in [1.54, 1.807) is 0 Å². The quantitative estimate of drug-likeness (QED) is 0.691. The molecular formula is C12H17N. The van der Waals surface area contributed by atoms with Crippen molar-refractivity contribution in [3.63, 3.8) is 0 Å². The van der Waals surface area contributed by atoms with Gasteiger partial charge in [0.25, 0.3) is 0 Å². The molecule has 0 unspecified atom stereocenters. The minimum atomic E-state index is 0.606. The molecule has 1 aliphatic heterocycles. The molecule has 0 radical (unpaired) electrons. The summed E-state index contributed by atoms with van der Waals surface area (Å²) in [7, 11) is 0. The molecule has 0 saturated heterocycles. The van der Waals surface area contributed by atoms with Gasteiger partial charge in [0, 0.05) is 11.7 Å². The smallest absolute Gasteiger partial charge is 0.0378 e. The summed E-state index contributed by atoms with van der Waals surface area (Å²) in [6.45, 7) is 6.77. The van der Waals surface area contributed by atoms with Crippen LogP contribution in [0.5, 0.6) is 0 Å². The van der Waals surface area contributed by atoms with Crippen molar-refractivity contribution in [2.24, 2.45) is 0 Å². The predicted molar refractivity (Wildman–Crippen MR) is 57.3 cm³/mol. The van der Waals surface area contributed by atoms with Gasteiger partial charge < -0.3 is 5.32 Å². The van der Waals surface area contributed by atoms with Crippen LogP contribution >= 0.6 is 0 Å². The van der Waals surface area contributed by atoms with E-state index in [-0.39, 0.29) is 0 Å². The largest absolute Gasteiger partial charge is 0.382 e. The number of hydrogen-bond donors (Lipinski definition) is 1. The highest BCUT2D eigenvalue weighted by Crippen LogP contribution is 2.32. The second-order valence-electron chi connectivity index (χ2n) is 4.28. The highest BCUT2D eigenvalue weighted by molar-refractivity contribution is 5.60. The molecule has 0 amide bonds. The van der Waals surface area contributed by atoms with Gasteiger partial charge in [-0.3, -0.25) is 0 Å². The molecule has 1 atom stereocenters. The van der Waals surface area contributed by atoms with E-state index >= 15 is 0 Å². The zero-order chi connectivity index (χ0) is 9.42. The lowest BCUT2D eigenvalue weighted by Gasteiger charge is -2.10. The predicted octanol–water partition coefficient (Wildman–Crippen LogP) is 3.17. The molecule has 1 heterocycles. The third-order valence-corrected chi connectivity index (χ3v) is 2.75. The highest BCUT2D eigenvalue weighted by atomic mass is 14.9. The van der Waals surface area contributed by atoms with Crippen LogP contribution in [0, 0.1) is 0 Å². The molecule has 1 aliphatic rings. The fourth-order valence-electron chi connectivity index (χ4n) is 2.13. The maximum atomic E-state index is 3.49. The maximum Gasteiger partial charge on any atom is 0.0378 e. The van der Waals surface area contributed by atoms with E-state index in [1.807, 2.05) is 0 Å². The lowest BCUT2D eigenvalue weighted by atomic mass is 9.95. The standard InChI is InChI=1S/C12H17N/c1-8(2)10-5-4-6-12-11(10)7-9(3)13-12/h4-6,8-9,13H,7H2,1-3H3/t9-/m0/s1. The van der Waals surface area contributed by atoms with E-state index in [9.17, 15) is 0 Å². The van der Waals surface area contributed by atoms with E-state index in [4.69, 9.17) is 0 Å². The monoisotopic (exact) mass is 175 g/mol. The van der Waals surface area contributed by atoms with Crippen LogP contribution in [-0.2, 0) is 6.42 Å². The van der Waals surface area contributed by atoms with Crippen molar-refractivity contribution in [3.8, 4) is 0 Å². The van der Waals surface area contributed by atoms with Gasteiger partial charge in [-0.1, -0.05) is 26.0 Å². The van der Waals surface area contributed by atoms with Gasteiger partial charge in [-0.15, -0.1) is 0 Å². The topological polar surface area (TPSA) is 12.0 Å². The van der Waals surface area contributed by atoms with Gasteiger partial charge in [0.2, 0.25) is 0 Å². The second kappa shape index (κ2) is 3.06. The van der Waals surface area contributed by atoms with Gasteiger partial charge in [-0.2, -0.15) is 0 Å². The molecule has 1 nitrogen and oxygen atoms in total. The van der Waals surface area contributed by atoms with Crippen LogP contribution in [0.3, 0.4) is 0 Å². The van der Waals surface area contributed by atoms with Gasteiger partial charge in [0.1, 0.15) is 0 Å². The van der Waals surface area contributed by atoms with Crippen LogP contribution in [0.25, 0.3) is 0 Å². The van der Waals surface area contributed by atoms with Crippen molar-refractivity contribution in [3.05, 3.63) is 29.3 Å². The average molecular weight is 175 g/mol.